The molecule has 7 heteroatoms. The third kappa shape index (κ3) is 5.52. The van der Waals surface area contributed by atoms with Crippen molar-refractivity contribution in [3.05, 3.63) is 47.0 Å². The van der Waals surface area contributed by atoms with E-state index < -0.39 is 0 Å². The maximum atomic E-state index is 13.3. The Labute approximate surface area is 185 Å². The van der Waals surface area contributed by atoms with Gasteiger partial charge in [-0.1, -0.05) is 13.8 Å². The lowest BCUT2D eigenvalue weighted by molar-refractivity contribution is 0.0297. The second-order valence-corrected chi connectivity index (χ2v) is 9.11. The number of aromatic nitrogens is 3. The number of rotatable bonds is 8. The van der Waals surface area contributed by atoms with Gasteiger partial charge >= 0.3 is 0 Å². The maximum Gasteiger partial charge on any atom is 0.274 e. The highest BCUT2D eigenvalue weighted by molar-refractivity contribution is 5.94. The SMILES string of the molecule is CC(C)Cn1nc(C(=O)N2CCOCC2)c2c1CC[C@H](NCCCc1ccncc1)C2. The van der Waals surface area contributed by atoms with E-state index in [1.165, 1.54) is 11.3 Å². The van der Waals surface area contributed by atoms with E-state index in [0.29, 0.717) is 44.0 Å². The Bertz CT molecular complexity index is 858. The summed E-state index contributed by atoms with van der Waals surface area (Å²) in [5.74, 6) is 0.569. The number of carbonyl (C=O) groups excluding carboxylic acids is 1. The van der Waals surface area contributed by atoms with Crippen molar-refractivity contribution in [2.75, 3.05) is 32.8 Å². The van der Waals surface area contributed by atoms with E-state index in [-0.39, 0.29) is 5.91 Å². The second-order valence-electron chi connectivity index (χ2n) is 9.11. The number of fused-ring (bicyclic) bond motifs is 1. The quantitative estimate of drug-likeness (QED) is 0.658. The Morgan fingerprint density at radius 2 is 2.03 bits per heavy atom. The molecular formula is C24H35N5O2. The number of ether oxygens (including phenoxy) is 1. The highest BCUT2D eigenvalue weighted by Gasteiger charge is 2.31. The van der Waals surface area contributed by atoms with Gasteiger partial charge in [-0.15, -0.1) is 0 Å². The lowest BCUT2D eigenvalue weighted by Gasteiger charge is -2.28. The summed E-state index contributed by atoms with van der Waals surface area (Å²) < 4.78 is 7.53. The molecule has 0 saturated carbocycles. The number of pyridine rings is 1. The molecule has 2 aliphatic rings. The molecule has 1 fully saturated rings. The number of nitrogens with zero attached hydrogens (tertiary/aromatic N) is 4. The first-order chi connectivity index (χ1) is 15.1. The Kier molecular flexibility index (Phi) is 7.35. The van der Waals surface area contributed by atoms with Crippen LogP contribution in [0.4, 0.5) is 0 Å². The number of morpholine rings is 1. The van der Waals surface area contributed by atoms with Gasteiger partial charge < -0.3 is 15.0 Å². The molecule has 1 atom stereocenters. The molecule has 4 rings (SSSR count). The van der Waals surface area contributed by atoms with Crippen molar-refractivity contribution in [3.63, 3.8) is 0 Å². The zero-order chi connectivity index (χ0) is 21.6. The lowest BCUT2D eigenvalue weighted by Crippen LogP contribution is -2.42. The van der Waals surface area contributed by atoms with Crippen LogP contribution in [0.5, 0.6) is 0 Å². The maximum absolute atomic E-state index is 13.3. The summed E-state index contributed by atoms with van der Waals surface area (Å²) in [6.07, 6.45) is 8.82. The summed E-state index contributed by atoms with van der Waals surface area (Å²) in [4.78, 5) is 19.2. The highest BCUT2D eigenvalue weighted by atomic mass is 16.5. The molecule has 168 valence electrons. The summed E-state index contributed by atoms with van der Waals surface area (Å²) in [5, 5.41) is 8.56. The van der Waals surface area contributed by atoms with Crippen LogP contribution < -0.4 is 5.32 Å². The number of aryl methyl sites for hydroxylation is 1. The molecule has 0 unspecified atom stereocenters. The van der Waals surface area contributed by atoms with Crippen LogP contribution in [-0.4, -0.2) is 64.5 Å². The molecule has 0 bridgehead atoms. The van der Waals surface area contributed by atoms with E-state index in [1.807, 2.05) is 17.3 Å². The first-order valence-electron chi connectivity index (χ1n) is 11.7. The van der Waals surface area contributed by atoms with Gasteiger partial charge in [0.25, 0.3) is 5.91 Å². The van der Waals surface area contributed by atoms with Crippen molar-refractivity contribution in [2.24, 2.45) is 5.92 Å². The number of nitrogens with one attached hydrogen (secondary N) is 1. The van der Waals surface area contributed by atoms with E-state index in [4.69, 9.17) is 9.84 Å². The Morgan fingerprint density at radius 1 is 1.26 bits per heavy atom. The number of hydrogen-bond acceptors (Lipinski definition) is 5. The minimum Gasteiger partial charge on any atom is -0.378 e. The van der Waals surface area contributed by atoms with Crippen molar-refractivity contribution in [1.29, 1.82) is 0 Å². The molecule has 1 aliphatic carbocycles. The molecule has 1 amide bonds. The molecule has 3 heterocycles. The van der Waals surface area contributed by atoms with Gasteiger partial charge in [0.2, 0.25) is 0 Å². The average molecular weight is 426 g/mol. The Hall–Kier alpha value is -2.25. The molecule has 1 aliphatic heterocycles. The van der Waals surface area contributed by atoms with Gasteiger partial charge in [0, 0.05) is 49.3 Å². The third-order valence-corrected chi connectivity index (χ3v) is 6.21. The second kappa shape index (κ2) is 10.4. The van der Waals surface area contributed by atoms with Crippen LogP contribution in [0.25, 0.3) is 0 Å². The summed E-state index contributed by atoms with van der Waals surface area (Å²) in [5.41, 5.74) is 4.42. The Morgan fingerprint density at radius 3 is 2.77 bits per heavy atom. The predicted octanol–water partition coefficient (Wildman–Crippen LogP) is 2.49. The summed E-state index contributed by atoms with van der Waals surface area (Å²) in [7, 11) is 0. The molecular weight excluding hydrogens is 390 g/mol. The van der Waals surface area contributed by atoms with Crippen LogP contribution in [0.3, 0.4) is 0 Å². The lowest BCUT2D eigenvalue weighted by atomic mass is 9.90. The fourth-order valence-electron chi connectivity index (χ4n) is 4.60. The molecule has 0 radical (unpaired) electrons. The highest BCUT2D eigenvalue weighted by Crippen LogP contribution is 2.27. The molecule has 2 aromatic heterocycles. The van der Waals surface area contributed by atoms with Gasteiger partial charge in [0.15, 0.2) is 5.69 Å². The van der Waals surface area contributed by atoms with Gasteiger partial charge in [-0.25, -0.2) is 0 Å². The molecule has 31 heavy (non-hydrogen) atoms. The molecule has 0 spiro atoms. The topological polar surface area (TPSA) is 72.3 Å². The fourth-order valence-corrected chi connectivity index (χ4v) is 4.60. The smallest absolute Gasteiger partial charge is 0.274 e. The molecule has 0 aromatic carbocycles. The van der Waals surface area contributed by atoms with E-state index >= 15 is 0 Å². The molecule has 2 aromatic rings. The summed E-state index contributed by atoms with van der Waals surface area (Å²) in [6, 6.07) is 4.57. The normalized spacial score (nSPS) is 18.9. The molecule has 7 nitrogen and oxygen atoms in total. The van der Waals surface area contributed by atoms with Crippen LogP contribution >= 0.6 is 0 Å². The molecule has 1 saturated heterocycles. The van der Waals surface area contributed by atoms with E-state index in [1.54, 1.807) is 0 Å². The van der Waals surface area contributed by atoms with Crippen molar-refractivity contribution in [1.82, 2.24) is 25.0 Å². The van der Waals surface area contributed by atoms with Crippen molar-refractivity contribution in [2.45, 2.75) is 58.5 Å². The standard InChI is InChI=1S/C24H35N5O2/c1-18(2)17-29-22-6-5-20(26-9-3-4-19-7-10-25-11-8-19)16-21(22)23(27-29)24(30)28-12-14-31-15-13-28/h7-8,10-11,18,20,26H,3-6,9,12-17H2,1-2H3/t20-/m0/s1. The summed E-state index contributed by atoms with van der Waals surface area (Å²) >= 11 is 0. The third-order valence-electron chi connectivity index (χ3n) is 6.21. The van der Waals surface area contributed by atoms with E-state index in [0.717, 1.165) is 50.8 Å². The number of carbonyl (C=O) groups is 1. The van der Waals surface area contributed by atoms with Crippen LogP contribution in [0.2, 0.25) is 0 Å². The fraction of sp³-hybridized carbons (Fsp3) is 0.625. The van der Waals surface area contributed by atoms with Gasteiger partial charge in [-0.2, -0.15) is 5.10 Å². The van der Waals surface area contributed by atoms with Crippen LogP contribution in [0, 0.1) is 5.92 Å². The predicted molar refractivity (Wildman–Crippen MR) is 120 cm³/mol. The summed E-state index contributed by atoms with van der Waals surface area (Å²) in [6.45, 7) is 8.78. The Balaban J connectivity index is 1.42. The average Bonchev–Trinajstić information content (AvgIpc) is 3.14. The zero-order valence-electron chi connectivity index (χ0n) is 18.8. The zero-order valence-corrected chi connectivity index (χ0v) is 18.8. The van der Waals surface area contributed by atoms with E-state index in [9.17, 15) is 4.79 Å². The van der Waals surface area contributed by atoms with Gasteiger partial charge in [-0.05, 0) is 62.3 Å². The van der Waals surface area contributed by atoms with Crippen molar-refractivity contribution in [3.8, 4) is 0 Å². The van der Waals surface area contributed by atoms with Gasteiger partial charge in [0.05, 0.1) is 13.2 Å². The monoisotopic (exact) mass is 425 g/mol. The largest absolute Gasteiger partial charge is 0.378 e. The van der Waals surface area contributed by atoms with Gasteiger partial charge in [-0.3, -0.25) is 14.5 Å². The molecule has 1 N–H and O–H groups in total. The first kappa shape index (κ1) is 22.0. The van der Waals surface area contributed by atoms with Crippen molar-refractivity contribution >= 4 is 5.91 Å². The van der Waals surface area contributed by atoms with Gasteiger partial charge in [0.1, 0.15) is 0 Å². The first-order valence-corrected chi connectivity index (χ1v) is 11.7. The number of amides is 1. The van der Waals surface area contributed by atoms with Crippen LogP contribution in [0.15, 0.2) is 24.5 Å². The van der Waals surface area contributed by atoms with Crippen LogP contribution in [0.1, 0.15) is 54.0 Å². The number of hydrogen-bond donors (Lipinski definition) is 1. The van der Waals surface area contributed by atoms with Crippen molar-refractivity contribution < 1.29 is 9.53 Å². The van der Waals surface area contributed by atoms with E-state index in [2.05, 4.69) is 41.0 Å². The van der Waals surface area contributed by atoms with Crippen LogP contribution in [-0.2, 0) is 30.5 Å². The minimum atomic E-state index is 0.0698. The minimum absolute atomic E-state index is 0.0698.